The first-order valence-corrected chi connectivity index (χ1v) is 5.68. The van der Waals surface area contributed by atoms with E-state index in [0.717, 1.165) is 0 Å². The van der Waals surface area contributed by atoms with Crippen LogP contribution in [0.25, 0.3) is 0 Å². The van der Waals surface area contributed by atoms with Gasteiger partial charge in [0.05, 0.1) is 19.8 Å². The number of halogens is 4. The standard InChI is InChI=1S/C11H15F4N3O2/c1-16-7(5-20-6-11(14,15)10(12)13)8-9(19-2)18-4-3-17-8/h3-4,7,10,16H,5-6H2,1-2H3. The Morgan fingerprint density at radius 2 is 1.95 bits per heavy atom. The number of rotatable bonds is 8. The topological polar surface area (TPSA) is 56.3 Å². The van der Waals surface area contributed by atoms with Crippen LogP contribution in [0.3, 0.4) is 0 Å². The highest BCUT2D eigenvalue weighted by molar-refractivity contribution is 5.21. The van der Waals surface area contributed by atoms with Crippen molar-refractivity contribution in [2.24, 2.45) is 0 Å². The molecule has 114 valence electrons. The van der Waals surface area contributed by atoms with E-state index in [2.05, 4.69) is 20.0 Å². The Kier molecular flexibility index (Phi) is 6.08. The fourth-order valence-electron chi connectivity index (χ4n) is 1.41. The van der Waals surface area contributed by atoms with Gasteiger partial charge in [0.2, 0.25) is 5.88 Å². The molecule has 1 aromatic rings. The molecule has 1 rings (SSSR count). The number of alkyl halides is 4. The smallest absolute Gasteiger partial charge is 0.330 e. The van der Waals surface area contributed by atoms with Crippen molar-refractivity contribution in [3.8, 4) is 5.88 Å². The van der Waals surface area contributed by atoms with Gasteiger partial charge in [0.25, 0.3) is 0 Å². The van der Waals surface area contributed by atoms with Gasteiger partial charge in [0.1, 0.15) is 12.3 Å². The lowest BCUT2D eigenvalue weighted by atomic mass is 10.2. The molecule has 1 unspecified atom stereocenters. The van der Waals surface area contributed by atoms with Crippen LogP contribution in [0, 0.1) is 0 Å². The van der Waals surface area contributed by atoms with Crippen molar-refractivity contribution in [2.45, 2.75) is 18.4 Å². The summed E-state index contributed by atoms with van der Waals surface area (Å²) >= 11 is 0. The number of ether oxygens (including phenoxy) is 2. The van der Waals surface area contributed by atoms with E-state index in [9.17, 15) is 17.6 Å². The van der Waals surface area contributed by atoms with Crippen LogP contribution in [0.4, 0.5) is 17.6 Å². The Labute approximate surface area is 113 Å². The van der Waals surface area contributed by atoms with Gasteiger partial charge in [-0.1, -0.05) is 0 Å². The lowest BCUT2D eigenvalue weighted by Gasteiger charge is -2.20. The van der Waals surface area contributed by atoms with E-state index in [1.165, 1.54) is 19.5 Å². The van der Waals surface area contributed by atoms with E-state index in [-0.39, 0.29) is 12.5 Å². The number of aromatic nitrogens is 2. The van der Waals surface area contributed by atoms with Crippen molar-refractivity contribution in [1.29, 1.82) is 0 Å². The van der Waals surface area contributed by atoms with Crippen LogP contribution in [0.1, 0.15) is 11.7 Å². The first kappa shape index (κ1) is 16.6. The molecule has 20 heavy (non-hydrogen) atoms. The third-order valence-corrected chi connectivity index (χ3v) is 2.46. The second kappa shape index (κ2) is 7.34. The summed E-state index contributed by atoms with van der Waals surface area (Å²) < 4.78 is 59.0. The van der Waals surface area contributed by atoms with Crippen molar-refractivity contribution in [2.75, 3.05) is 27.4 Å². The minimum absolute atomic E-state index is 0.205. The molecule has 5 nitrogen and oxygen atoms in total. The zero-order valence-corrected chi connectivity index (χ0v) is 10.9. The summed E-state index contributed by atoms with van der Waals surface area (Å²) in [4.78, 5) is 7.91. The summed E-state index contributed by atoms with van der Waals surface area (Å²) in [6, 6.07) is -0.605. The molecule has 0 aliphatic heterocycles. The molecule has 0 bridgehead atoms. The summed E-state index contributed by atoms with van der Waals surface area (Å²) in [5, 5.41) is 2.77. The Morgan fingerprint density at radius 3 is 2.50 bits per heavy atom. The number of nitrogens with zero attached hydrogens (tertiary/aromatic N) is 2. The van der Waals surface area contributed by atoms with Crippen LogP contribution in [0.2, 0.25) is 0 Å². The Bertz CT molecular complexity index is 420. The zero-order chi connectivity index (χ0) is 15.2. The molecule has 0 aromatic carbocycles. The van der Waals surface area contributed by atoms with Crippen molar-refractivity contribution < 1.29 is 27.0 Å². The molecular formula is C11H15F4N3O2. The maximum Gasteiger partial charge on any atom is 0.330 e. The van der Waals surface area contributed by atoms with Gasteiger partial charge in [0.15, 0.2) is 0 Å². The molecular weight excluding hydrogens is 282 g/mol. The molecule has 1 N–H and O–H groups in total. The summed E-state index contributed by atoms with van der Waals surface area (Å²) in [5.41, 5.74) is 0.345. The second-order valence-corrected chi connectivity index (χ2v) is 3.87. The molecule has 0 aliphatic carbocycles. The van der Waals surface area contributed by atoms with Crippen LogP contribution < -0.4 is 10.1 Å². The number of methoxy groups -OCH3 is 1. The van der Waals surface area contributed by atoms with E-state index in [1.807, 2.05) is 0 Å². The van der Waals surface area contributed by atoms with Gasteiger partial charge < -0.3 is 14.8 Å². The quantitative estimate of drug-likeness (QED) is 0.740. The molecule has 1 aromatic heterocycles. The highest BCUT2D eigenvalue weighted by Gasteiger charge is 2.41. The number of nitrogens with one attached hydrogen (secondary N) is 1. The lowest BCUT2D eigenvalue weighted by molar-refractivity contribution is -0.167. The van der Waals surface area contributed by atoms with Crippen LogP contribution >= 0.6 is 0 Å². The molecule has 9 heteroatoms. The van der Waals surface area contributed by atoms with Crippen LogP contribution in [0.15, 0.2) is 12.4 Å². The van der Waals surface area contributed by atoms with Crippen molar-refractivity contribution >= 4 is 0 Å². The number of hydrogen-bond acceptors (Lipinski definition) is 5. The maximum absolute atomic E-state index is 12.7. The molecule has 0 radical (unpaired) electrons. The number of hydrogen-bond donors (Lipinski definition) is 1. The molecule has 0 saturated carbocycles. The highest BCUT2D eigenvalue weighted by atomic mass is 19.3. The van der Waals surface area contributed by atoms with Crippen LogP contribution in [-0.4, -0.2) is 49.7 Å². The zero-order valence-electron chi connectivity index (χ0n) is 10.9. The van der Waals surface area contributed by atoms with Gasteiger partial charge in [-0.25, -0.2) is 13.8 Å². The molecule has 1 atom stereocenters. The van der Waals surface area contributed by atoms with E-state index >= 15 is 0 Å². The van der Waals surface area contributed by atoms with Crippen LogP contribution in [-0.2, 0) is 4.74 Å². The molecule has 0 spiro atoms. The monoisotopic (exact) mass is 297 g/mol. The summed E-state index contributed by atoms with van der Waals surface area (Å²) in [6.45, 7) is -1.64. The molecule has 0 amide bonds. The Balaban J connectivity index is 2.64. The van der Waals surface area contributed by atoms with Crippen molar-refractivity contribution in [3.05, 3.63) is 18.1 Å². The van der Waals surface area contributed by atoms with E-state index in [4.69, 9.17) is 4.74 Å². The SMILES string of the molecule is CNC(COCC(F)(F)C(F)F)c1nccnc1OC. The van der Waals surface area contributed by atoms with Crippen molar-refractivity contribution in [1.82, 2.24) is 15.3 Å². The third kappa shape index (κ3) is 4.27. The van der Waals surface area contributed by atoms with Crippen molar-refractivity contribution in [3.63, 3.8) is 0 Å². The third-order valence-electron chi connectivity index (χ3n) is 2.46. The first-order chi connectivity index (χ1) is 9.42. The largest absolute Gasteiger partial charge is 0.480 e. The Hall–Kier alpha value is -1.48. The van der Waals surface area contributed by atoms with E-state index in [0.29, 0.717) is 5.69 Å². The van der Waals surface area contributed by atoms with Gasteiger partial charge >= 0.3 is 12.3 Å². The maximum atomic E-state index is 12.7. The van der Waals surface area contributed by atoms with Gasteiger partial charge in [-0.15, -0.1) is 0 Å². The predicted octanol–water partition coefficient (Wildman–Crippen LogP) is 1.66. The summed E-state index contributed by atoms with van der Waals surface area (Å²) in [5.74, 6) is -3.97. The molecule has 0 fully saturated rings. The van der Waals surface area contributed by atoms with Gasteiger partial charge in [-0.3, -0.25) is 4.98 Å². The summed E-state index contributed by atoms with van der Waals surface area (Å²) in [7, 11) is 2.93. The van der Waals surface area contributed by atoms with Gasteiger partial charge in [-0.2, -0.15) is 8.78 Å². The fraction of sp³-hybridized carbons (Fsp3) is 0.636. The molecule has 0 aliphatic rings. The minimum Gasteiger partial charge on any atom is -0.480 e. The fourth-order valence-corrected chi connectivity index (χ4v) is 1.41. The average Bonchev–Trinajstić information content (AvgIpc) is 2.43. The molecule has 0 saturated heterocycles. The predicted molar refractivity (Wildman–Crippen MR) is 62.2 cm³/mol. The minimum atomic E-state index is -4.18. The Morgan fingerprint density at radius 1 is 1.30 bits per heavy atom. The average molecular weight is 297 g/mol. The lowest BCUT2D eigenvalue weighted by Crippen LogP contribution is -2.34. The number of likely N-dealkylation sites (N-methyl/N-ethyl adjacent to an activating group) is 1. The first-order valence-electron chi connectivity index (χ1n) is 5.68. The van der Waals surface area contributed by atoms with Gasteiger partial charge in [-0.05, 0) is 7.05 Å². The summed E-state index contributed by atoms with van der Waals surface area (Å²) in [6.07, 6.45) is -0.960. The van der Waals surface area contributed by atoms with Crippen LogP contribution in [0.5, 0.6) is 5.88 Å². The molecule has 1 heterocycles. The van der Waals surface area contributed by atoms with E-state index < -0.39 is 25.0 Å². The second-order valence-electron chi connectivity index (χ2n) is 3.87. The highest BCUT2D eigenvalue weighted by Crippen LogP contribution is 2.24. The normalized spacial score (nSPS) is 13.6. The van der Waals surface area contributed by atoms with Gasteiger partial charge in [0, 0.05) is 12.4 Å². The van der Waals surface area contributed by atoms with E-state index in [1.54, 1.807) is 7.05 Å².